The van der Waals surface area contributed by atoms with E-state index in [1.165, 1.54) is 37.2 Å². The highest BCUT2D eigenvalue weighted by Gasteiger charge is 2.12. The van der Waals surface area contributed by atoms with Gasteiger partial charge in [0.2, 0.25) is 0 Å². The van der Waals surface area contributed by atoms with Crippen molar-refractivity contribution < 1.29 is 0 Å². The van der Waals surface area contributed by atoms with Gasteiger partial charge in [0.25, 0.3) is 0 Å². The average molecular weight is 256 g/mol. The van der Waals surface area contributed by atoms with E-state index < -0.39 is 0 Å². The highest BCUT2D eigenvalue weighted by atomic mass is 35.5. The lowest BCUT2D eigenvalue weighted by atomic mass is 9.98. The molecule has 0 amide bonds. The van der Waals surface area contributed by atoms with Gasteiger partial charge in [0.1, 0.15) is 0 Å². The van der Waals surface area contributed by atoms with Crippen LogP contribution >= 0.6 is 12.4 Å². The molecule has 0 saturated carbocycles. The first-order chi connectivity index (χ1) is 7.86. The van der Waals surface area contributed by atoms with Gasteiger partial charge in [-0.15, -0.1) is 12.4 Å². The first-order valence-electron chi connectivity index (χ1n) is 6.18. The second-order valence-corrected chi connectivity index (χ2v) is 4.59. The molecule has 1 fully saturated rings. The van der Waals surface area contributed by atoms with Crippen LogP contribution in [0, 0.1) is 12.8 Å². The number of halogens is 1. The Morgan fingerprint density at radius 3 is 2.88 bits per heavy atom. The molecule has 4 heteroatoms. The number of hydrogen-bond acceptors (Lipinski definition) is 3. The zero-order chi connectivity index (χ0) is 11.2. The van der Waals surface area contributed by atoms with E-state index in [0.717, 1.165) is 19.0 Å². The van der Waals surface area contributed by atoms with Gasteiger partial charge in [0.05, 0.1) is 5.69 Å². The Bertz CT molecular complexity index is 324. The van der Waals surface area contributed by atoms with Crippen LogP contribution in [0.2, 0.25) is 0 Å². The van der Waals surface area contributed by atoms with Crippen molar-refractivity contribution in [3.63, 3.8) is 0 Å². The average Bonchev–Trinajstić information content (AvgIpc) is 2.33. The Morgan fingerprint density at radius 1 is 1.41 bits per heavy atom. The van der Waals surface area contributed by atoms with Crippen molar-refractivity contribution >= 4 is 12.4 Å². The SMILES string of the molecule is Cc1cccnc1CNCC1CCNCC1.Cl. The number of pyridine rings is 1. The lowest BCUT2D eigenvalue weighted by Crippen LogP contribution is -2.33. The molecule has 0 unspecified atom stereocenters. The lowest BCUT2D eigenvalue weighted by Gasteiger charge is -2.22. The normalized spacial score (nSPS) is 16.5. The molecule has 1 saturated heterocycles. The molecule has 2 rings (SSSR count). The zero-order valence-electron chi connectivity index (χ0n) is 10.4. The fourth-order valence-corrected chi connectivity index (χ4v) is 2.18. The van der Waals surface area contributed by atoms with Crippen molar-refractivity contribution in [3.05, 3.63) is 29.6 Å². The highest BCUT2D eigenvalue weighted by molar-refractivity contribution is 5.85. The molecule has 0 spiro atoms. The van der Waals surface area contributed by atoms with Crippen LogP contribution in [0.1, 0.15) is 24.1 Å². The van der Waals surface area contributed by atoms with Crippen LogP contribution < -0.4 is 10.6 Å². The van der Waals surface area contributed by atoms with E-state index in [1.807, 2.05) is 12.3 Å². The van der Waals surface area contributed by atoms with Crippen molar-refractivity contribution in [2.24, 2.45) is 5.92 Å². The van der Waals surface area contributed by atoms with Crippen molar-refractivity contribution in [1.82, 2.24) is 15.6 Å². The number of nitrogens with zero attached hydrogens (tertiary/aromatic N) is 1. The van der Waals surface area contributed by atoms with Crippen LogP contribution in [-0.2, 0) is 6.54 Å². The van der Waals surface area contributed by atoms with Gasteiger partial charge in [-0.05, 0) is 56.9 Å². The number of nitrogens with one attached hydrogen (secondary N) is 2. The van der Waals surface area contributed by atoms with Gasteiger partial charge in [-0.1, -0.05) is 6.07 Å². The van der Waals surface area contributed by atoms with Crippen LogP contribution in [0.3, 0.4) is 0 Å². The van der Waals surface area contributed by atoms with Crippen LogP contribution in [0.15, 0.2) is 18.3 Å². The summed E-state index contributed by atoms with van der Waals surface area (Å²) < 4.78 is 0. The summed E-state index contributed by atoms with van der Waals surface area (Å²) in [6.07, 6.45) is 4.47. The third kappa shape index (κ3) is 4.62. The van der Waals surface area contributed by atoms with E-state index >= 15 is 0 Å². The van der Waals surface area contributed by atoms with Gasteiger partial charge in [0.15, 0.2) is 0 Å². The van der Waals surface area contributed by atoms with Crippen molar-refractivity contribution in [2.45, 2.75) is 26.3 Å². The van der Waals surface area contributed by atoms with Crippen LogP contribution in [-0.4, -0.2) is 24.6 Å². The summed E-state index contributed by atoms with van der Waals surface area (Å²) in [6.45, 7) is 6.49. The van der Waals surface area contributed by atoms with Crippen molar-refractivity contribution in [2.75, 3.05) is 19.6 Å². The summed E-state index contributed by atoms with van der Waals surface area (Å²) in [4.78, 5) is 4.39. The van der Waals surface area contributed by atoms with Crippen LogP contribution in [0.4, 0.5) is 0 Å². The molecule has 0 atom stereocenters. The number of rotatable bonds is 4. The number of aryl methyl sites for hydroxylation is 1. The van der Waals surface area contributed by atoms with E-state index in [9.17, 15) is 0 Å². The summed E-state index contributed by atoms with van der Waals surface area (Å²) in [5.74, 6) is 0.838. The second-order valence-electron chi connectivity index (χ2n) is 4.59. The van der Waals surface area contributed by atoms with E-state index in [1.54, 1.807) is 0 Å². The summed E-state index contributed by atoms with van der Waals surface area (Å²) in [6, 6.07) is 4.11. The maximum absolute atomic E-state index is 4.39. The smallest absolute Gasteiger partial charge is 0.0570 e. The first kappa shape index (κ1) is 14.4. The van der Waals surface area contributed by atoms with E-state index in [0.29, 0.717) is 0 Å². The van der Waals surface area contributed by atoms with Gasteiger partial charge in [0, 0.05) is 12.7 Å². The molecule has 1 aliphatic heterocycles. The molecule has 1 aromatic heterocycles. The van der Waals surface area contributed by atoms with Gasteiger partial charge >= 0.3 is 0 Å². The minimum Gasteiger partial charge on any atom is -0.317 e. The fourth-order valence-electron chi connectivity index (χ4n) is 2.18. The summed E-state index contributed by atoms with van der Waals surface area (Å²) >= 11 is 0. The van der Waals surface area contributed by atoms with Gasteiger partial charge in [-0.25, -0.2) is 0 Å². The fraction of sp³-hybridized carbons (Fsp3) is 0.615. The number of piperidine rings is 1. The van der Waals surface area contributed by atoms with Crippen LogP contribution in [0.25, 0.3) is 0 Å². The molecular formula is C13H22ClN3. The summed E-state index contributed by atoms with van der Waals surface area (Å²) in [7, 11) is 0. The first-order valence-corrected chi connectivity index (χ1v) is 6.18. The molecule has 3 nitrogen and oxygen atoms in total. The quantitative estimate of drug-likeness (QED) is 0.863. The largest absolute Gasteiger partial charge is 0.317 e. The number of aromatic nitrogens is 1. The lowest BCUT2D eigenvalue weighted by molar-refractivity contribution is 0.356. The molecule has 0 aromatic carbocycles. The maximum Gasteiger partial charge on any atom is 0.0570 e. The Hall–Kier alpha value is -0.640. The Balaban J connectivity index is 0.00000144. The van der Waals surface area contributed by atoms with Gasteiger partial charge in [-0.2, -0.15) is 0 Å². The summed E-state index contributed by atoms with van der Waals surface area (Å²) in [5, 5.41) is 6.91. The second kappa shape index (κ2) is 7.64. The third-order valence-electron chi connectivity index (χ3n) is 3.30. The van der Waals surface area contributed by atoms with E-state index in [-0.39, 0.29) is 12.4 Å². The highest BCUT2D eigenvalue weighted by Crippen LogP contribution is 2.10. The maximum atomic E-state index is 4.39. The molecular weight excluding hydrogens is 234 g/mol. The number of hydrogen-bond donors (Lipinski definition) is 2. The van der Waals surface area contributed by atoms with Gasteiger partial charge < -0.3 is 10.6 Å². The zero-order valence-corrected chi connectivity index (χ0v) is 11.2. The Labute approximate surface area is 110 Å². The van der Waals surface area contributed by atoms with Crippen molar-refractivity contribution in [3.8, 4) is 0 Å². The topological polar surface area (TPSA) is 37.0 Å². The molecule has 2 heterocycles. The Morgan fingerprint density at radius 2 is 2.18 bits per heavy atom. The Kier molecular flexibility index (Phi) is 6.48. The van der Waals surface area contributed by atoms with Gasteiger partial charge in [-0.3, -0.25) is 4.98 Å². The third-order valence-corrected chi connectivity index (χ3v) is 3.30. The molecule has 2 N–H and O–H groups in total. The van der Waals surface area contributed by atoms with Crippen LogP contribution in [0.5, 0.6) is 0 Å². The van der Waals surface area contributed by atoms with E-state index in [4.69, 9.17) is 0 Å². The minimum atomic E-state index is 0. The van der Waals surface area contributed by atoms with Crippen molar-refractivity contribution in [1.29, 1.82) is 0 Å². The van der Waals surface area contributed by atoms with E-state index in [2.05, 4.69) is 28.6 Å². The minimum absolute atomic E-state index is 0. The predicted molar refractivity (Wildman–Crippen MR) is 73.5 cm³/mol. The molecule has 17 heavy (non-hydrogen) atoms. The molecule has 0 radical (unpaired) electrons. The molecule has 96 valence electrons. The molecule has 0 bridgehead atoms. The predicted octanol–water partition coefficient (Wildman–Crippen LogP) is 1.90. The molecule has 1 aliphatic rings. The molecule has 1 aromatic rings. The summed E-state index contributed by atoms with van der Waals surface area (Å²) in [5.41, 5.74) is 2.46. The standard InChI is InChI=1S/C13H21N3.ClH/c1-11-3-2-6-16-13(11)10-15-9-12-4-7-14-8-5-12;/h2-3,6,12,14-15H,4-5,7-10H2,1H3;1H. The molecule has 0 aliphatic carbocycles. The monoisotopic (exact) mass is 255 g/mol.